The van der Waals surface area contributed by atoms with Crippen LogP contribution < -0.4 is 28.7 Å². The van der Waals surface area contributed by atoms with Crippen molar-refractivity contribution in [2.75, 3.05) is 39.3 Å². The summed E-state index contributed by atoms with van der Waals surface area (Å²) in [5, 5.41) is 14.9. The van der Waals surface area contributed by atoms with Crippen molar-refractivity contribution < 1.29 is 37.1 Å². The summed E-state index contributed by atoms with van der Waals surface area (Å²) >= 11 is 0. The van der Waals surface area contributed by atoms with Crippen LogP contribution in [0.25, 0.3) is 0 Å². The molecule has 0 saturated heterocycles. The second kappa shape index (κ2) is 12.8. The molecule has 0 atom stereocenters. The third-order valence-electron chi connectivity index (χ3n) is 5.73. The van der Waals surface area contributed by atoms with Gasteiger partial charge in [0.25, 0.3) is 21.6 Å². The highest BCUT2D eigenvalue weighted by Gasteiger charge is 2.31. The van der Waals surface area contributed by atoms with Crippen LogP contribution in [-0.4, -0.2) is 59.9 Å². The molecule has 0 aliphatic rings. The number of non-ortho nitro benzene ring substituents is 1. The Balaban J connectivity index is 2.00. The minimum atomic E-state index is -4.38. The summed E-state index contributed by atoms with van der Waals surface area (Å²) in [5.74, 6) is 0.226. The smallest absolute Gasteiger partial charge is 0.269 e. The van der Waals surface area contributed by atoms with Gasteiger partial charge in [-0.15, -0.1) is 0 Å². The maximum atomic E-state index is 13.9. The number of nitrogens with one attached hydrogen (secondary N) is 1. The van der Waals surface area contributed by atoms with E-state index in [9.17, 15) is 23.3 Å². The van der Waals surface area contributed by atoms with Crippen molar-refractivity contribution >= 4 is 33.0 Å². The first kappa shape index (κ1) is 29.7. The summed E-state index contributed by atoms with van der Waals surface area (Å²) in [6, 6.07) is 14.2. The summed E-state index contributed by atoms with van der Waals surface area (Å²) in [6.45, 7) is 0.905. The molecular formula is C26H28N4O9S. The number of nitro benzene ring substituents is 1. The fourth-order valence-corrected chi connectivity index (χ4v) is 5.04. The van der Waals surface area contributed by atoms with Gasteiger partial charge in [0, 0.05) is 24.3 Å². The Kier molecular flexibility index (Phi) is 9.50. The molecule has 212 valence electrons. The maximum Gasteiger partial charge on any atom is 0.269 e. The van der Waals surface area contributed by atoms with Crippen LogP contribution in [0.1, 0.15) is 12.5 Å². The van der Waals surface area contributed by atoms with E-state index in [1.165, 1.54) is 83.0 Å². The first-order valence-corrected chi connectivity index (χ1v) is 13.0. The first-order valence-electron chi connectivity index (χ1n) is 11.6. The Hall–Kier alpha value is -4.85. The SMILES string of the molecule is COc1ccc(OC)c(N(CC(=O)N/N=C(/C)c2ccc([N+](=O)[O-])cc2)S(=O)(=O)c2ccc(OC)c(OC)c2)c1. The van der Waals surface area contributed by atoms with Gasteiger partial charge in [-0.3, -0.25) is 19.2 Å². The molecule has 40 heavy (non-hydrogen) atoms. The zero-order valence-electron chi connectivity index (χ0n) is 22.4. The highest BCUT2D eigenvalue weighted by atomic mass is 32.2. The van der Waals surface area contributed by atoms with Gasteiger partial charge in [-0.05, 0) is 48.9 Å². The molecule has 0 aliphatic carbocycles. The van der Waals surface area contributed by atoms with Crippen molar-refractivity contribution in [3.63, 3.8) is 0 Å². The lowest BCUT2D eigenvalue weighted by Crippen LogP contribution is -2.40. The molecule has 0 bridgehead atoms. The van der Waals surface area contributed by atoms with E-state index in [1.807, 2.05) is 0 Å². The Morgan fingerprint density at radius 2 is 1.52 bits per heavy atom. The maximum absolute atomic E-state index is 13.9. The number of rotatable bonds is 12. The monoisotopic (exact) mass is 572 g/mol. The fourth-order valence-electron chi connectivity index (χ4n) is 3.60. The average Bonchev–Trinajstić information content (AvgIpc) is 2.97. The molecule has 0 aliphatic heterocycles. The van der Waals surface area contributed by atoms with Gasteiger partial charge in [-0.1, -0.05) is 0 Å². The molecule has 3 rings (SSSR count). The second-order valence-corrected chi connectivity index (χ2v) is 9.96. The molecule has 14 heteroatoms. The number of carbonyl (C=O) groups excluding carboxylic acids is 1. The van der Waals surface area contributed by atoms with Crippen LogP contribution >= 0.6 is 0 Å². The topological polar surface area (TPSA) is 159 Å². The largest absolute Gasteiger partial charge is 0.497 e. The van der Waals surface area contributed by atoms with E-state index >= 15 is 0 Å². The Bertz CT molecular complexity index is 1520. The summed E-state index contributed by atoms with van der Waals surface area (Å²) in [7, 11) is 1.19. The van der Waals surface area contributed by atoms with Crippen molar-refractivity contribution in [1.29, 1.82) is 0 Å². The molecular weight excluding hydrogens is 544 g/mol. The quantitative estimate of drug-likeness (QED) is 0.195. The Labute approximate surface area is 231 Å². The number of nitrogens with zero attached hydrogens (tertiary/aromatic N) is 3. The van der Waals surface area contributed by atoms with Gasteiger partial charge in [0.2, 0.25) is 0 Å². The summed E-state index contributed by atoms with van der Waals surface area (Å²) in [4.78, 5) is 23.2. The highest BCUT2D eigenvalue weighted by molar-refractivity contribution is 7.92. The molecule has 0 fully saturated rings. The zero-order chi connectivity index (χ0) is 29.4. The second-order valence-electron chi connectivity index (χ2n) is 8.10. The summed E-state index contributed by atoms with van der Waals surface area (Å²) in [6.07, 6.45) is 0. The lowest BCUT2D eigenvalue weighted by Gasteiger charge is -2.26. The standard InChI is InChI=1S/C26H28N4O9S/c1-17(18-6-8-19(9-7-18)30(32)33)27-28-26(31)16-29(22-14-20(36-2)10-12-23(22)37-3)40(34,35)21-11-13-24(38-4)25(15-21)39-5/h6-15H,16H2,1-5H3,(H,28,31)/b27-17-. The van der Waals surface area contributed by atoms with Crippen molar-refractivity contribution in [2.24, 2.45) is 5.10 Å². The predicted octanol–water partition coefficient (Wildman–Crippen LogP) is 3.36. The van der Waals surface area contributed by atoms with E-state index < -0.39 is 27.4 Å². The van der Waals surface area contributed by atoms with Gasteiger partial charge in [-0.25, -0.2) is 13.8 Å². The van der Waals surface area contributed by atoms with Crippen LogP contribution in [0.3, 0.4) is 0 Å². The lowest BCUT2D eigenvalue weighted by atomic mass is 10.1. The van der Waals surface area contributed by atoms with Crippen LogP contribution in [0.2, 0.25) is 0 Å². The molecule has 13 nitrogen and oxygen atoms in total. The van der Waals surface area contributed by atoms with Crippen LogP contribution in [0.5, 0.6) is 23.0 Å². The number of carbonyl (C=O) groups is 1. The van der Waals surface area contributed by atoms with Crippen LogP contribution in [0, 0.1) is 10.1 Å². The summed E-state index contributed by atoms with van der Waals surface area (Å²) in [5.41, 5.74) is 3.16. The van der Waals surface area contributed by atoms with E-state index in [2.05, 4.69) is 10.5 Å². The molecule has 3 aromatic rings. The molecule has 0 radical (unpaired) electrons. The van der Waals surface area contributed by atoms with Gasteiger partial charge in [0.05, 0.1) is 49.7 Å². The molecule has 3 aromatic carbocycles. The Morgan fingerprint density at radius 1 is 0.900 bits per heavy atom. The summed E-state index contributed by atoms with van der Waals surface area (Å²) < 4.78 is 49.8. The van der Waals surface area contributed by atoms with Gasteiger partial charge in [-0.2, -0.15) is 5.10 Å². The third kappa shape index (κ3) is 6.58. The number of hydrazone groups is 1. The minimum absolute atomic E-state index is 0.0443. The first-order chi connectivity index (χ1) is 19.0. The van der Waals surface area contributed by atoms with Crippen molar-refractivity contribution in [2.45, 2.75) is 11.8 Å². The average molecular weight is 573 g/mol. The molecule has 1 N–H and O–H groups in total. The van der Waals surface area contributed by atoms with E-state index in [-0.39, 0.29) is 27.8 Å². The Morgan fingerprint density at radius 3 is 2.10 bits per heavy atom. The number of hydrogen-bond acceptors (Lipinski definition) is 10. The number of benzene rings is 3. The molecule has 1 amide bonds. The van der Waals surface area contributed by atoms with Crippen molar-refractivity contribution in [3.05, 3.63) is 76.3 Å². The number of anilines is 1. The van der Waals surface area contributed by atoms with Crippen LogP contribution in [0.15, 0.2) is 70.7 Å². The number of hydrogen-bond donors (Lipinski definition) is 1. The molecule has 0 heterocycles. The van der Waals surface area contributed by atoms with Crippen molar-refractivity contribution in [1.82, 2.24) is 5.43 Å². The van der Waals surface area contributed by atoms with E-state index in [0.717, 1.165) is 4.31 Å². The van der Waals surface area contributed by atoms with Crippen molar-refractivity contribution in [3.8, 4) is 23.0 Å². The van der Waals surface area contributed by atoms with E-state index in [4.69, 9.17) is 18.9 Å². The highest BCUT2D eigenvalue weighted by Crippen LogP contribution is 2.37. The molecule has 0 spiro atoms. The van der Waals surface area contributed by atoms with E-state index in [1.54, 1.807) is 13.0 Å². The van der Waals surface area contributed by atoms with Gasteiger partial charge < -0.3 is 18.9 Å². The van der Waals surface area contributed by atoms with Crippen LogP contribution in [-0.2, 0) is 14.8 Å². The molecule has 0 unspecified atom stereocenters. The lowest BCUT2D eigenvalue weighted by molar-refractivity contribution is -0.384. The number of ether oxygens (including phenoxy) is 4. The normalized spacial score (nSPS) is 11.4. The predicted molar refractivity (Wildman–Crippen MR) is 147 cm³/mol. The number of amides is 1. The van der Waals surface area contributed by atoms with Gasteiger partial charge >= 0.3 is 0 Å². The number of nitro groups is 1. The van der Waals surface area contributed by atoms with E-state index in [0.29, 0.717) is 22.8 Å². The van der Waals surface area contributed by atoms with Gasteiger partial charge in [0.15, 0.2) is 11.5 Å². The molecule has 0 aromatic heterocycles. The number of methoxy groups -OCH3 is 4. The number of sulfonamides is 1. The van der Waals surface area contributed by atoms with Gasteiger partial charge in [0.1, 0.15) is 18.0 Å². The molecule has 0 saturated carbocycles. The third-order valence-corrected chi connectivity index (χ3v) is 7.48. The minimum Gasteiger partial charge on any atom is -0.497 e. The van der Waals surface area contributed by atoms with Crippen LogP contribution in [0.4, 0.5) is 11.4 Å². The fraction of sp³-hybridized carbons (Fsp3) is 0.231. The zero-order valence-corrected chi connectivity index (χ0v) is 23.2.